The molecule has 1 amide bonds. The van der Waals surface area contributed by atoms with E-state index in [0.717, 1.165) is 10.6 Å². The van der Waals surface area contributed by atoms with Crippen molar-refractivity contribution >= 4 is 26.8 Å². The number of fused-ring (bicyclic) bond motifs is 1. The molecule has 9 heteroatoms. The predicted molar refractivity (Wildman–Crippen MR) is 78.4 cm³/mol. The summed E-state index contributed by atoms with van der Waals surface area (Å²) in [4.78, 5) is 12.5. The molecule has 1 aromatic rings. The van der Waals surface area contributed by atoms with Crippen molar-refractivity contribution in [1.82, 2.24) is 4.31 Å². The van der Waals surface area contributed by atoms with Crippen LogP contribution in [0, 0.1) is 0 Å². The lowest BCUT2D eigenvalue weighted by Crippen LogP contribution is -2.40. The van der Waals surface area contributed by atoms with E-state index in [-0.39, 0.29) is 16.9 Å². The minimum absolute atomic E-state index is 0.0909. The average molecular weight is 335 g/mol. The van der Waals surface area contributed by atoms with E-state index in [1.807, 2.05) is 0 Å². The van der Waals surface area contributed by atoms with Crippen molar-refractivity contribution in [2.75, 3.05) is 6.26 Å². The molecule has 0 fully saturated rings. The van der Waals surface area contributed by atoms with Gasteiger partial charge in [-0.05, 0) is 18.6 Å². The number of hydrogen-bond donors (Lipinski definition) is 2. The van der Waals surface area contributed by atoms with Gasteiger partial charge >= 0.3 is 0 Å². The van der Waals surface area contributed by atoms with Crippen LogP contribution in [0.2, 0.25) is 0 Å². The van der Waals surface area contributed by atoms with Gasteiger partial charge < -0.3 is 0 Å². The van der Waals surface area contributed by atoms with Gasteiger partial charge in [-0.25, -0.2) is 8.49 Å². The topological polar surface area (TPSA) is 104 Å². The van der Waals surface area contributed by atoms with E-state index >= 15 is 0 Å². The van der Waals surface area contributed by atoms with E-state index in [1.165, 1.54) is 12.1 Å². The summed E-state index contributed by atoms with van der Waals surface area (Å²) in [6.07, 6.45) is 0.294. The largest absolute Gasteiger partial charge is 0.277 e. The highest BCUT2D eigenvalue weighted by atomic mass is 32.3. The van der Waals surface area contributed by atoms with Crippen molar-refractivity contribution in [3.05, 3.63) is 29.8 Å². The zero-order valence-corrected chi connectivity index (χ0v) is 13.2. The normalized spacial score (nSPS) is 20.2. The second-order valence-electron chi connectivity index (χ2n) is 4.69. The number of carbonyl (C=O) groups excluding carboxylic acids is 1. The van der Waals surface area contributed by atoms with Crippen LogP contribution >= 0.6 is 10.8 Å². The minimum Gasteiger partial charge on any atom is -0.277 e. The van der Waals surface area contributed by atoms with Gasteiger partial charge in [0.05, 0.1) is 16.7 Å². The molecule has 1 aliphatic heterocycles. The molecule has 2 rings (SSSR count). The Bertz CT molecular complexity index is 657. The zero-order chi connectivity index (χ0) is 15.8. The number of rotatable bonds is 5. The SMILES string of the molecule is CCCC(OS(C)(=O)=O)N1C(=O)c2ccccc2S1(O)O. The number of amides is 1. The Morgan fingerprint density at radius 1 is 1.33 bits per heavy atom. The van der Waals surface area contributed by atoms with Crippen LogP contribution in [0.1, 0.15) is 30.1 Å². The Kier molecular flexibility index (Phi) is 4.31. The highest BCUT2D eigenvalue weighted by molar-refractivity contribution is 8.23. The third-order valence-electron chi connectivity index (χ3n) is 2.97. The van der Waals surface area contributed by atoms with E-state index in [1.54, 1.807) is 19.1 Å². The fourth-order valence-corrected chi connectivity index (χ4v) is 4.54. The van der Waals surface area contributed by atoms with Crippen molar-refractivity contribution in [3.8, 4) is 0 Å². The average Bonchev–Trinajstić information content (AvgIpc) is 2.56. The number of benzene rings is 1. The van der Waals surface area contributed by atoms with Crippen molar-refractivity contribution < 1.29 is 26.5 Å². The molecule has 7 nitrogen and oxygen atoms in total. The van der Waals surface area contributed by atoms with Gasteiger partial charge in [0, 0.05) is 0 Å². The van der Waals surface area contributed by atoms with Crippen LogP contribution in [0.4, 0.5) is 0 Å². The van der Waals surface area contributed by atoms with Gasteiger partial charge in [-0.1, -0.05) is 36.3 Å². The highest BCUT2D eigenvalue weighted by Gasteiger charge is 2.46. The molecule has 0 radical (unpaired) electrons. The summed E-state index contributed by atoms with van der Waals surface area (Å²) in [5.41, 5.74) is 0.149. The van der Waals surface area contributed by atoms with Crippen molar-refractivity contribution in [2.45, 2.75) is 30.9 Å². The molecule has 0 saturated carbocycles. The molecular weight excluding hydrogens is 318 g/mol. The van der Waals surface area contributed by atoms with Gasteiger partial charge in [0.1, 0.15) is 0 Å². The Morgan fingerprint density at radius 2 is 1.95 bits per heavy atom. The van der Waals surface area contributed by atoms with Crippen LogP contribution in [0.25, 0.3) is 0 Å². The second kappa shape index (κ2) is 5.58. The van der Waals surface area contributed by atoms with Gasteiger partial charge in [0.2, 0.25) is 0 Å². The first-order valence-corrected chi connectivity index (χ1v) is 9.59. The summed E-state index contributed by atoms with van der Waals surface area (Å²) in [6.45, 7) is 1.78. The molecule has 2 N–H and O–H groups in total. The first-order valence-electron chi connectivity index (χ1n) is 6.27. The molecule has 0 spiro atoms. The van der Waals surface area contributed by atoms with E-state index in [9.17, 15) is 22.3 Å². The fraction of sp³-hybridized carbons (Fsp3) is 0.417. The minimum atomic E-state index is -3.85. The van der Waals surface area contributed by atoms with E-state index in [4.69, 9.17) is 4.18 Å². The van der Waals surface area contributed by atoms with Crippen LogP contribution in [0.3, 0.4) is 0 Å². The molecule has 0 aliphatic carbocycles. The third kappa shape index (κ3) is 3.06. The molecular formula is C12H17NO6S2. The van der Waals surface area contributed by atoms with Crippen molar-refractivity contribution in [2.24, 2.45) is 0 Å². The third-order valence-corrected chi connectivity index (χ3v) is 5.44. The van der Waals surface area contributed by atoms with E-state index in [0.29, 0.717) is 6.42 Å². The lowest BCUT2D eigenvalue weighted by molar-refractivity contribution is 0.0529. The van der Waals surface area contributed by atoms with Crippen LogP contribution in [-0.4, -0.2) is 40.2 Å². The zero-order valence-electron chi connectivity index (χ0n) is 11.6. The molecule has 1 aromatic carbocycles. The summed E-state index contributed by atoms with van der Waals surface area (Å²) in [7, 11) is -7.44. The molecule has 1 aliphatic rings. The van der Waals surface area contributed by atoms with Crippen LogP contribution in [0.15, 0.2) is 29.2 Å². The lowest BCUT2D eigenvalue weighted by atomic mass is 10.2. The number of carbonyl (C=O) groups is 1. The molecule has 0 saturated heterocycles. The maximum Gasteiger partial charge on any atom is 0.276 e. The van der Waals surface area contributed by atoms with Gasteiger partial charge in [-0.3, -0.25) is 13.9 Å². The summed E-state index contributed by atoms with van der Waals surface area (Å²) in [5, 5.41) is 0. The summed E-state index contributed by atoms with van der Waals surface area (Å²) < 4.78 is 49.0. The first kappa shape index (κ1) is 16.2. The van der Waals surface area contributed by atoms with Crippen LogP contribution in [0.5, 0.6) is 0 Å². The van der Waals surface area contributed by atoms with E-state index in [2.05, 4.69) is 0 Å². The molecule has 21 heavy (non-hydrogen) atoms. The van der Waals surface area contributed by atoms with Crippen LogP contribution < -0.4 is 0 Å². The first-order chi connectivity index (χ1) is 9.68. The molecule has 1 heterocycles. The smallest absolute Gasteiger partial charge is 0.276 e. The second-order valence-corrected chi connectivity index (χ2v) is 8.16. The number of nitrogens with zero attached hydrogens (tertiary/aromatic N) is 1. The van der Waals surface area contributed by atoms with Crippen molar-refractivity contribution in [1.29, 1.82) is 0 Å². The lowest BCUT2D eigenvalue weighted by Gasteiger charge is -2.40. The summed E-state index contributed by atoms with van der Waals surface area (Å²) in [5.74, 6) is -0.646. The van der Waals surface area contributed by atoms with Gasteiger partial charge in [-0.2, -0.15) is 8.42 Å². The number of hydrogen-bond acceptors (Lipinski definition) is 6. The standard InChI is InChI=1S/C12H17NO6S2/c1-3-6-11(19-20(2,15)16)13-12(14)9-7-4-5-8-10(9)21(13,17)18/h4-5,7-8,11,17-18H,3,6H2,1-2H3. The summed E-state index contributed by atoms with van der Waals surface area (Å²) in [6, 6.07) is 6.08. The molecule has 0 bridgehead atoms. The fourth-order valence-electron chi connectivity index (χ4n) is 2.17. The van der Waals surface area contributed by atoms with Crippen molar-refractivity contribution in [3.63, 3.8) is 0 Å². The predicted octanol–water partition coefficient (Wildman–Crippen LogP) is 2.27. The Balaban J connectivity index is 2.45. The van der Waals surface area contributed by atoms with Gasteiger partial charge in [-0.15, -0.1) is 0 Å². The molecule has 1 unspecified atom stereocenters. The maximum absolute atomic E-state index is 12.4. The highest BCUT2D eigenvalue weighted by Crippen LogP contribution is 2.59. The Labute approximate surface area is 125 Å². The van der Waals surface area contributed by atoms with Gasteiger partial charge in [0.15, 0.2) is 6.23 Å². The summed E-state index contributed by atoms with van der Waals surface area (Å²) >= 11 is 0. The van der Waals surface area contributed by atoms with Crippen LogP contribution in [-0.2, 0) is 14.3 Å². The monoisotopic (exact) mass is 335 g/mol. The van der Waals surface area contributed by atoms with Gasteiger partial charge in [0.25, 0.3) is 16.0 Å². The molecule has 1 atom stereocenters. The Morgan fingerprint density at radius 3 is 2.48 bits per heavy atom. The molecule has 0 aromatic heterocycles. The molecule has 118 valence electrons. The maximum atomic E-state index is 12.4. The Hall–Kier alpha value is -1.13. The van der Waals surface area contributed by atoms with E-state index < -0.39 is 33.0 Å². The quantitative estimate of drug-likeness (QED) is 0.800.